The number of fused-ring (bicyclic) bond motifs is 1. The number of nitrogens with zero attached hydrogens (tertiary/aromatic N) is 4. The summed E-state index contributed by atoms with van der Waals surface area (Å²) in [7, 11) is 0. The van der Waals surface area contributed by atoms with E-state index >= 15 is 0 Å². The van der Waals surface area contributed by atoms with E-state index in [0.29, 0.717) is 17.0 Å². The lowest BCUT2D eigenvalue weighted by atomic mass is 9.96. The Morgan fingerprint density at radius 2 is 1.81 bits per heavy atom. The van der Waals surface area contributed by atoms with E-state index in [-0.39, 0.29) is 10.1 Å². The molecule has 0 aliphatic rings. The van der Waals surface area contributed by atoms with E-state index in [1.165, 1.54) is 13.8 Å². The van der Waals surface area contributed by atoms with Gasteiger partial charge in [0, 0.05) is 11.3 Å². The van der Waals surface area contributed by atoms with Crippen molar-refractivity contribution in [2.24, 2.45) is 5.41 Å². The molecular weight excluding hydrogens is 491 g/mol. The van der Waals surface area contributed by atoms with Crippen LogP contribution >= 0.6 is 0 Å². The maximum absolute atomic E-state index is 14.9. The minimum Gasteiger partial charge on any atom is -0.325 e. The largest absolute Gasteiger partial charge is 0.377 e. The fourth-order valence-electron chi connectivity index (χ4n) is 3.23. The molecule has 8 nitrogen and oxygen atoms in total. The molecule has 0 bridgehead atoms. The molecule has 0 saturated carbocycles. The Kier molecular flexibility index (Phi) is 7.04. The number of hydrogen-bond donors (Lipinski definition) is 3. The van der Waals surface area contributed by atoms with Crippen molar-refractivity contribution in [1.82, 2.24) is 9.55 Å². The number of alkyl halides is 2. The Bertz CT molecular complexity index is 1500. The van der Waals surface area contributed by atoms with Crippen molar-refractivity contribution >= 4 is 22.4 Å². The summed E-state index contributed by atoms with van der Waals surface area (Å²) in [5.74, 6) is -0.0373. The lowest BCUT2D eigenvalue weighted by Gasteiger charge is -2.27. The number of hydrogen-bond acceptors (Lipinski definition) is 7. The maximum atomic E-state index is 14.9. The SMILES string of the molecule is CC(C)(C#N)C#Cc1cc(F)cc(N(CC(F)F)c2nc(=O)n(C(O)(O)O)c3ccc(F)c(F)c23)c1. The summed E-state index contributed by atoms with van der Waals surface area (Å²) in [5.41, 5.74) is -4.06. The second-order valence-corrected chi connectivity index (χ2v) is 8.10. The Balaban J connectivity index is 2.38. The van der Waals surface area contributed by atoms with Crippen molar-refractivity contribution in [1.29, 1.82) is 5.26 Å². The van der Waals surface area contributed by atoms with Gasteiger partial charge in [-0.15, -0.1) is 0 Å². The molecule has 1 aromatic heterocycles. The third-order valence-corrected chi connectivity index (χ3v) is 4.80. The van der Waals surface area contributed by atoms with Crippen LogP contribution in [0.4, 0.5) is 33.5 Å². The van der Waals surface area contributed by atoms with Gasteiger partial charge >= 0.3 is 11.8 Å². The van der Waals surface area contributed by atoms with E-state index in [1.54, 1.807) is 0 Å². The topological polar surface area (TPSA) is 123 Å². The molecule has 0 aliphatic carbocycles. The van der Waals surface area contributed by atoms with Crippen LogP contribution in [0, 0.1) is 46.0 Å². The second kappa shape index (κ2) is 9.54. The third-order valence-electron chi connectivity index (χ3n) is 4.80. The molecule has 3 rings (SSSR count). The van der Waals surface area contributed by atoms with Gasteiger partial charge in [0.15, 0.2) is 17.5 Å². The van der Waals surface area contributed by atoms with Crippen molar-refractivity contribution < 1.29 is 37.3 Å². The fraction of sp³-hybridized carbons (Fsp3) is 0.261. The molecule has 0 aliphatic heterocycles. The minimum atomic E-state index is -3.91. The first-order valence-electron chi connectivity index (χ1n) is 10.0. The third kappa shape index (κ3) is 5.44. The summed E-state index contributed by atoms with van der Waals surface area (Å²) in [6.45, 7) is 1.68. The molecule has 0 atom stereocenters. The average molecular weight is 508 g/mol. The molecule has 188 valence electrons. The number of nitriles is 1. The van der Waals surface area contributed by atoms with Crippen molar-refractivity contribution in [3.05, 3.63) is 63.8 Å². The van der Waals surface area contributed by atoms with Crippen molar-refractivity contribution in [3.63, 3.8) is 0 Å². The van der Waals surface area contributed by atoms with Gasteiger partial charge in [0.1, 0.15) is 11.2 Å². The Morgan fingerprint density at radius 3 is 2.39 bits per heavy atom. The zero-order chi connectivity index (χ0) is 27.0. The van der Waals surface area contributed by atoms with E-state index in [4.69, 9.17) is 5.26 Å². The molecule has 2 aromatic carbocycles. The lowest BCUT2D eigenvalue weighted by Crippen LogP contribution is -2.43. The van der Waals surface area contributed by atoms with E-state index in [2.05, 4.69) is 16.8 Å². The number of aromatic nitrogens is 2. The summed E-state index contributed by atoms with van der Waals surface area (Å²) in [6, 6.07) is 5.86. The number of rotatable bonds is 5. The molecule has 36 heavy (non-hydrogen) atoms. The van der Waals surface area contributed by atoms with Gasteiger partial charge in [0.05, 0.1) is 23.5 Å². The molecule has 13 heteroatoms. The number of benzene rings is 2. The average Bonchev–Trinajstić information content (AvgIpc) is 2.76. The first-order valence-corrected chi connectivity index (χ1v) is 10.0. The van der Waals surface area contributed by atoms with Gasteiger partial charge in [0.25, 0.3) is 6.43 Å². The van der Waals surface area contributed by atoms with E-state index in [0.717, 1.165) is 18.2 Å². The Labute approximate surface area is 200 Å². The van der Waals surface area contributed by atoms with Crippen LogP contribution in [0.15, 0.2) is 35.1 Å². The highest BCUT2D eigenvalue weighted by Gasteiger charge is 2.31. The van der Waals surface area contributed by atoms with Gasteiger partial charge in [-0.25, -0.2) is 31.3 Å². The number of halogens is 5. The predicted molar refractivity (Wildman–Crippen MR) is 116 cm³/mol. The fourth-order valence-corrected chi connectivity index (χ4v) is 3.23. The van der Waals surface area contributed by atoms with Gasteiger partial charge in [-0.2, -0.15) is 10.2 Å². The van der Waals surface area contributed by atoms with Crippen molar-refractivity contribution in [2.75, 3.05) is 11.4 Å². The molecule has 0 unspecified atom stereocenters. The first-order chi connectivity index (χ1) is 16.6. The van der Waals surface area contributed by atoms with Gasteiger partial charge in [0.2, 0.25) is 0 Å². The lowest BCUT2D eigenvalue weighted by molar-refractivity contribution is -0.374. The van der Waals surface area contributed by atoms with Crippen LogP contribution in [0.3, 0.4) is 0 Å². The maximum Gasteiger partial charge on any atom is 0.377 e. The molecule has 0 spiro atoms. The standard InChI is InChI=1S/C23H17F5N4O4/c1-22(2,11-29)6-5-12-7-13(24)9-14(8-12)31(10-17(26)27)20-18-16(4-3-15(25)19(18)28)32(21(33)30-20)23(34,35)36/h3-4,7-9,17,34-36H,10H2,1-2H3. The molecule has 1 heterocycles. The second-order valence-electron chi connectivity index (χ2n) is 8.10. The van der Waals surface area contributed by atoms with E-state index < -0.39 is 70.0 Å². The normalized spacial score (nSPS) is 11.8. The minimum absolute atomic E-state index is 0.0722. The quantitative estimate of drug-likeness (QED) is 0.275. The van der Waals surface area contributed by atoms with Crippen molar-refractivity contribution in [3.8, 4) is 17.9 Å². The monoisotopic (exact) mass is 508 g/mol. The van der Waals surface area contributed by atoms with Gasteiger partial charge in [-0.1, -0.05) is 11.8 Å². The Hall–Kier alpha value is -4.04. The smallest absolute Gasteiger partial charge is 0.325 e. The molecule has 0 saturated heterocycles. The zero-order valence-corrected chi connectivity index (χ0v) is 18.6. The summed E-state index contributed by atoms with van der Waals surface area (Å²) >= 11 is 0. The van der Waals surface area contributed by atoms with Crippen LogP contribution < -0.4 is 10.6 Å². The van der Waals surface area contributed by atoms with Crippen LogP contribution in [0.5, 0.6) is 0 Å². The van der Waals surface area contributed by atoms with Crippen LogP contribution in [-0.2, 0) is 6.10 Å². The van der Waals surface area contributed by atoms with Crippen LogP contribution in [0.1, 0.15) is 19.4 Å². The van der Waals surface area contributed by atoms with Crippen LogP contribution in [-0.4, -0.2) is 37.8 Å². The molecule has 3 N–H and O–H groups in total. The van der Waals surface area contributed by atoms with E-state index in [1.807, 2.05) is 6.07 Å². The summed E-state index contributed by atoms with van der Waals surface area (Å²) in [6.07, 6.45) is -7.07. The zero-order valence-electron chi connectivity index (χ0n) is 18.6. The number of anilines is 2. The predicted octanol–water partition coefficient (Wildman–Crippen LogP) is 2.66. The molecule has 0 fully saturated rings. The van der Waals surface area contributed by atoms with Crippen LogP contribution in [0.25, 0.3) is 10.9 Å². The highest BCUT2D eigenvalue weighted by atomic mass is 19.3. The molecule has 3 aromatic rings. The summed E-state index contributed by atoms with van der Waals surface area (Å²) < 4.78 is 70.4. The van der Waals surface area contributed by atoms with Crippen LogP contribution in [0.2, 0.25) is 0 Å². The highest BCUT2D eigenvalue weighted by molar-refractivity contribution is 5.92. The Morgan fingerprint density at radius 1 is 1.14 bits per heavy atom. The summed E-state index contributed by atoms with van der Waals surface area (Å²) in [4.78, 5) is 16.4. The van der Waals surface area contributed by atoms with E-state index in [9.17, 15) is 42.1 Å². The summed E-state index contributed by atoms with van der Waals surface area (Å²) in [5, 5.41) is 36.7. The van der Waals surface area contributed by atoms with Gasteiger partial charge < -0.3 is 20.2 Å². The first kappa shape index (κ1) is 26.6. The van der Waals surface area contributed by atoms with Gasteiger partial charge in [-0.3, -0.25) is 0 Å². The highest BCUT2D eigenvalue weighted by Crippen LogP contribution is 2.34. The molecular formula is C23H17F5N4O4. The van der Waals surface area contributed by atoms with Gasteiger partial charge in [-0.05, 0) is 44.2 Å². The molecule has 0 amide bonds. The van der Waals surface area contributed by atoms with Crippen molar-refractivity contribution in [2.45, 2.75) is 26.4 Å². The molecule has 0 radical (unpaired) electrons. The number of aliphatic hydroxyl groups is 3.